The summed E-state index contributed by atoms with van der Waals surface area (Å²) < 4.78 is 29.4. The van der Waals surface area contributed by atoms with Crippen LogP contribution in [0, 0.1) is 0 Å². The number of hydrogen-bond donors (Lipinski definition) is 0. The summed E-state index contributed by atoms with van der Waals surface area (Å²) in [4.78, 5) is 0. The van der Waals surface area contributed by atoms with Gasteiger partial charge in [-0.25, -0.2) is 8.42 Å². The molecular formula is C4H7KO3S. The van der Waals surface area contributed by atoms with Crippen molar-refractivity contribution in [2.45, 2.75) is 6.92 Å². The Kier molecular flexibility index (Phi) is 8.65. The maximum atomic E-state index is 9.78. The normalized spacial score (nSPS) is 11.3. The molecule has 3 nitrogen and oxygen atoms in total. The summed E-state index contributed by atoms with van der Waals surface area (Å²) in [7, 11) is -4.02. The summed E-state index contributed by atoms with van der Waals surface area (Å²) >= 11 is 0. The van der Waals surface area contributed by atoms with Gasteiger partial charge in [-0.3, -0.25) is 0 Å². The average molecular weight is 174 g/mol. The molecule has 0 rings (SSSR count). The molecule has 0 saturated carbocycles. The van der Waals surface area contributed by atoms with Crippen LogP contribution < -0.4 is 51.4 Å². The first kappa shape index (κ1) is 12.9. The molecule has 0 aliphatic heterocycles. The molecule has 0 aromatic carbocycles. The quantitative estimate of drug-likeness (QED) is 0.256. The Balaban J connectivity index is 0. The second-order valence-corrected chi connectivity index (χ2v) is 2.74. The maximum Gasteiger partial charge on any atom is 1.00 e. The van der Waals surface area contributed by atoms with Crippen LogP contribution in [0.5, 0.6) is 0 Å². The molecule has 0 heterocycles. The molecule has 48 valence electrons. The van der Waals surface area contributed by atoms with Crippen LogP contribution in [0.1, 0.15) is 6.92 Å². The van der Waals surface area contributed by atoms with Crippen molar-refractivity contribution in [1.82, 2.24) is 0 Å². The molecule has 0 aliphatic rings. The molecule has 0 spiro atoms. The van der Waals surface area contributed by atoms with E-state index < -0.39 is 15.9 Å². The van der Waals surface area contributed by atoms with Gasteiger partial charge < -0.3 is 4.55 Å². The molecule has 0 fully saturated rings. The van der Waals surface area contributed by atoms with Crippen molar-refractivity contribution >= 4 is 10.1 Å². The summed E-state index contributed by atoms with van der Waals surface area (Å²) in [6.07, 6.45) is 2.83. The van der Waals surface area contributed by atoms with Crippen LogP contribution in [0.3, 0.4) is 0 Å². The third-order valence-corrected chi connectivity index (χ3v) is 1.14. The van der Waals surface area contributed by atoms with E-state index in [0.717, 1.165) is 0 Å². The standard InChI is InChI=1S/C4H8O3S.K/c1-2-3-4-8(5,6)7;/h2-3H,4H2,1H3,(H,5,6,7);/q;+1/p-1/b3-2+;. The van der Waals surface area contributed by atoms with Gasteiger partial charge in [0.2, 0.25) is 0 Å². The van der Waals surface area contributed by atoms with Gasteiger partial charge in [-0.15, -0.1) is 0 Å². The number of allylic oxidation sites excluding steroid dienone is 1. The summed E-state index contributed by atoms with van der Waals surface area (Å²) in [5, 5.41) is 0. The van der Waals surface area contributed by atoms with Gasteiger partial charge in [-0.2, -0.15) is 0 Å². The van der Waals surface area contributed by atoms with Gasteiger partial charge in [0.25, 0.3) is 0 Å². The molecule has 0 aromatic rings. The van der Waals surface area contributed by atoms with Crippen LogP contribution in [0.2, 0.25) is 0 Å². The Morgan fingerprint density at radius 1 is 1.56 bits per heavy atom. The van der Waals surface area contributed by atoms with Crippen LogP contribution in [0.4, 0.5) is 0 Å². The van der Waals surface area contributed by atoms with Crippen LogP contribution in [0.15, 0.2) is 12.2 Å². The zero-order chi connectivity index (χ0) is 6.62. The topological polar surface area (TPSA) is 57.2 Å². The van der Waals surface area contributed by atoms with Crippen molar-refractivity contribution in [3.63, 3.8) is 0 Å². The first-order valence-electron chi connectivity index (χ1n) is 2.11. The van der Waals surface area contributed by atoms with Crippen LogP contribution in [-0.4, -0.2) is 18.7 Å². The van der Waals surface area contributed by atoms with Gasteiger partial charge in [0.1, 0.15) is 0 Å². The number of hydrogen-bond acceptors (Lipinski definition) is 3. The molecule has 0 unspecified atom stereocenters. The smallest absolute Gasteiger partial charge is 0.748 e. The Morgan fingerprint density at radius 3 is 2.11 bits per heavy atom. The van der Waals surface area contributed by atoms with Gasteiger partial charge in [0, 0.05) is 0 Å². The first-order valence-corrected chi connectivity index (χ1v) is 3.68. The van der Waals surface area contributed by atoms with Crippen molar-refractivity contribution in [2.75, 3.05) is 5.75 Å². The van der Waals surface area contributed by atoms with E-state index in [1.54, 1.807) is 6.92 Å². The summed E-state index contributed by atoms with van der Waals surface area (Å²) in [5.74, 6) is -0.399. The van der Waals surface area contributed by atoms with Gasteiger partial charge in [0.05, 0.1) is 15.9 Å². The molecular weight excluding hydrogens is 167 g/mol. The monoisotopic (exact) mass is 174 g/mol. The molecule has 0 bridgehead atoms. The third-order valence-electron chi connectivity index (χ3n) is 0.536. The van der Waals surface area contributed by atoms with E-state index in [-0.39, 0.29) is 51.4 Å². The van der Waals surface area contributed by atoms with Crippen LogP contribution in [-0.2, 0) is 10.1 Å². The number of rotatable bonds is 2. The molecule has 0 N–H and O–H groups in total. The Hall–Kier alpha value is 1.29. The average Bonchev–Trinajstić information content (AvgIpc) is 1.59. The molecule has 5 heteroatoms. The summed E-state index contributed by atoms with van der Waals surface area (Å²) in [6.45, 7) is 1.66. The maximum absolute atomic E-state index is 9.78. The van der Waals surface area contributed by atoms with E-state index in [1.165, 1.54) is 12.2 Å². The van der Waals surface area contributed by atoms with E-state index in [4.69, 9.17) is 0 Å². The minimum atomic E-state index is -4.02. The van der Waals surface area contributed by atoms with E-state index in [9.17, 15) is 13.0 Å². The zero-order valence-corrected chi connectivity index (χ0v) is 9.43. The van der Waals surface area contributed by atoms with Crippen molar-refractivity contribution < 1.29 is 64.4 Å². The Bertz CT molecular complexity index is 170. The van der Waals surface area contributed by atoms with Gasteiger partial charge >= 0.3 is 51.4 Å². The van der Waals surface area contributed by atoms with Crippen molar-refractivity contribution in [1.29, 1.82) is 0 Å². The zero-order valence-electron chi connectivity index (χ0n) is 5.49. The minimum Gasteiger partial charge on any atom is -0.748 e. The van der Waals surface area contributed by atoms with Crippen LogP contribution in [0.25, 0.3) is 0 Å². The largest absolute Gasteiger partial charge is 1.00 e. The molecule has 9 heavy (non-hydrogen) atoms. The molecule has 0 radical (unpaired) electrons. The van der Waals surface area contributed by atoms with Gasteiger partial charge in [0.15, 0.2) is 0 Å². The van der Waals surface area contributed by atoms with Gasteiger partial charge in [-0.05, 0) is 6.92 Å². The Morgan fingerprint density at radius 2 is 2.00 bits per heavy atom. The van der Waals surface area contributed by atoms with Gasteiger partial charge in [-0.1, -0.05) is 12.2 Å². The molecule has 0 aliphatic carbocycles. The summed E-state index contributed by atoms with van der Waals surface area (Å²) in [5.41, 5.74) is 0. The summed E-state index contributed by atoms with van der Waals surface area (Å²) in [6, 6.07) is 0. The van der Waals surface area contributed by atoms with E-state index in [1.807, 2.05) is 0 Å². The predicted octanol–water partition coefficient (Wildman–Crippen LogP) is -2.89. The molecule has 0 atom stereocenters. The van der Waals surface area contributed by atoms with Crippen molar-refractivity contribution in [2.24, 2.45) is 0 Å². The Labute approximate surface area is 97.7 Å². The fraction of sp³-hybridized carbons (Fsp3) is 0.500. The van der Waals surface area contributed by atoms with Crippen LogP contribution >= 0.6 is 0 Å². The minimum absolute atomic E-state index is 0. The first-order chi connectivity index (χ1) is 3.56. The fourth-order valence-electron chi connectivity index (χ4n) is 0.214. The SMILES string of the molecule is C/C=C/CS(=O)(=O)[O-].[K+]. The second kappa shape index (κ2) is 6.03. The van der Waals surface area contributed by atoms with Crippen molar-refractivity contribution in [3.05, 3.63) is 12.2 Å². The third kappa shape index (κ3) is 12.5. The second-order valence-electron chi connectivity index (χ2n) is 1.29. The fourth-order valence-corrected chi connectivity index (χ4v) is 0.642. The predicted molar refractivity (Wildman–Crippen MR) is 29.4 cm³/mol. The molecule has 0 aromatic heterocycles. The molecule has 0 amide bonds. The van der Waals surface area contributed by atoms with E-state index >= 15 is 0 Å². The molecule has 0 saturated heterocycles. The van der Waals surface area contributed by atoms with E-state index in [2.05, 4.69) is 0 Å². The van der Waals surface area contributed by atoms with E-state index in [0.29, 0.717) is 0 Å². The van der Waals surface area contributed by atoms with Crippen molar-refractivity contribution in [3.8, 4) is 0 Å².